The molecule has 0 saturated carbocycles. The first-order valence-electron chi connectivity index (χ1n) is 6.67. The Hall–Kier alpha value is -1.19. The van der Waals surface area contributed by atoms with Crippen LogP contribution in [0.15, 0.2) is 24.3 Å². The molecule has 1 heterocycles. The topological polar surface area (TPSA) is 41.1 Å². The van der Waals surface area contributed by atoms with E-state index in [1.807, 2.05) is 6.92 Å². The van der Waals surface area contributed by atoms with Gasteiger partial charge in [0.1, 0.15) is 6.29 Å². The largest absolute Gasteiger partial charge is 0.303 e. The number of hydrogen-bond donors (Lipinski definition) is 2. The molecule has 0 radical (unpaired) electrons. The average molecular weight is 246 g/mol. The normalized spacial score (nSPS) is 27.7. The van der Waals surface area contributed by atoms with E-state index in [0.29, 0.717) is 5.92 Å². The molecule has 18 heavy (non-hydrogen) atoms. The lowest BCUT2D eigenvalue weighted by atomic mass is 9.91. The van der Waals surface area contributed by atoms with Crippen LogP contribution in [-0.2, 0) is 11.2 Å². The summed E-state index contributed by atoms with van der Waals surface area (Å²) in [4.78, 5) is 11.1. The Balaban J connectivity index is 2.03. The van der Waals surface area contributed by atoms with E-state index < -0.39 is 0 Å². The number of benzene rings is 1. The molecule has 0 aromatic heterocycles. The zero-order valence-electron chi connectivity index (χ0n) is 11.3. The van der Waals surface area contributed by atoms with Crippen molar-refractivity contribution in [3.63, 3.8) is 0 Å². The predicted octanol–water partition coefficient (Wildman–Crippen LogP) is 2.03. The Morgan fingerprint density at radius 2 is 1.89 bits per heavy atom. The molecule has 1 saturated heterocycles. The summed E-state index contributed by atoms with van der Waals surface area (Å²) in [6, 6.07) is 9.11. The van der Waals surface area contributed by atoms with Gasteiger partial charge in [0.05, 0.1) is 0 Å². The monoisotopic (exact) mass is 246 g/mol. The van der Waals surface area contributed by atoms with E-state index in [-0.39, 0.29) is 18.0 Å². The van der Waals surface area contributed by atoms with Crippen LogP contribution in [0.25, 0.3) is 0 Å². The average Bonchev–Trinajstić information content (AvgIpc) is 2.70. The van der Waals surface area contributed by atoms with Gasteiger partial charge in [0.15, 0.2) is 0 Å². The molecule has 1 aliphatic heterocycles. The molecular weight excluding hydrogens is 224 g/mol. The quantitative estimate of drug-likeness (QED) is 0.799. The summed E-state index contributed by atoms with van der Waals surface area (Å²) in [5.41, 5.74) is 8.99. The van der Waals surface area contributed by atoms with Gasteiger partial charge < -0.3 is 4.79 Å². The van der Waals surface area contributed by atoms with Crippen LogP contribution in [0.4, 0.5) is 0 Å². The van der Waals surface area contributed by atoms with Crippen LogP contribution in [0.1, 0.15) is 37.8 Å². The lowest BCUT2D eigenvalue weighted by Crippen LogP contribution is -2.34. The van der Waals surface area contributed by atoms with Gasteiger partial charge in [-0.3, -0.25) is 10.9 Å². The van der Waals surface area contributed by atoms with Gasteiger partial charge in [-0.05, 0) is 30.4 Å². The van der Waals surface area contributed by atoms with Gasteiger partial charge in [-0.1, -0.05) is 38.1 Å². The smallest absolute Gasteiger partial charge is 0.126 e. The van der Waals surface area contributed by atoms with Gasteiger partial charge in [0, 0.05) is 18.0 Å². The van der Waals surface area contributed by atoms with Gasteiger partial charge in [-0.15, -0.1) is 0 Å². The second-order valence-electron chi connectivity index (χ2n) is 5.50. The first kappa shape index (κ1) is 13.2. The molecule has 0 amide bonds. The molecular formula is C15H22N2O. The van der Waals surface area contributed by atoms with E-state index in [4.69, 9.17) is 0 Å². The van der Waals surface area contributed by atoms with Crippen LogP contribution in [0.3, 0.4) is 0 Å². The van der Waals surface area contributed by atoms with E-state index in [1.54, 1.807) is 0 Å². The third-order valence-electron chi connectivity index (χ3n) is 3.80. The summed E-state index contributed by atoms with van der Waals surface area (Å²) in [5, 5.41) is 0. The van der Waals surface area contributed by atoms with Crippen molar-refractivity contribution in [2.24, 2.45) is 5.92 Å². The first-order valence-corrected chi connectivity index (χ1v) is 6.67. The standard InChI is InChI=1S/C15H22N2O/c1-10(2)13-6-4-12(5-7-13)8-15-14(9-18)11(3)16-17-15/h4-7,9-11,14-17H,8H2,1-3H3. The highest BCUT2D eigenvalue weighted by Gasteiger charge is 2.32. The molecule has 0 bridgehead atoms. The predicted molar refractivity (Wildman–Crippen MR) is 73.3 cm³/mol. The second kappa shape index (κ2) is 5.63. The zero-order valence-corrected chi connectivity index (χ0v) is 11.3. The third-order valence-corrected chi connectivity index (χ3v) is 3.80. The molecule has 3 unspecified atom stereocenters. The van der Waals surface area contributed by atoms with Crippen molar-refractivity contribution >= 4 is 6.29 Å². The Kier molecular flexibility index (Phi) is 4.15. The highest BCUT2D eigenvalue weighted by atomic mass is 16.1. The molecule has 3 atom stereocenters. The molecule has 3 heteroatoms. The minimum atomic E-state index is 0.0507. The molecule has 98 valence electrons. The van der Waals surface area contributed by atoms with E-state index >= 15 is 0 Å². The summed E-state index contributed by atoms with van der Waals surface area (Å²) in [6.07, 6.45) is 1.95. The maximum absolute atomic E-state index is 11.1. The fourth-order valence-corrected chi connectivity index (χ4v) is 2.47. The van der Waals surface area contributed by atoms with Gasteiger partial charge in [0.25, 0.3) is 0 Å². The van der Waals surface area contributed by atoms with Crippen LogP contribution >= 0.6 is 0 Å². The molecule has 2 rings (SSSR count). The summed E-state index contributed by atoms with van der Waals surface area (Å²) in [6.45, 7) is 6.43. The van der Waals surface area contributed by atoms with Crippen molar-refractivity contribution in [3.8, 4) is 0 Å². The van der Waals surface area contributed by atoms with Crippen LogP contribution in [-0.4, -0.2) is 18.4 Å². The molecule has 1 aromatic rings. The van der Waals surface area contributed by atoms with Gasteiger partial charge in [-0.25, -0.2) is 0 Å². The van der Waals surface area contributed by atoms with Crippen molar-refractivity contribution in [1.29, 1.82) is 0 Å². The molecule has 0 aliphatic carbocycles. The van der Waals surface area contributed by atoms with Crippen LogP contribution in [0.5, 0.6) is 0 Å². The van der Waals surface area contributed by atoms with Crippen molar-refractivity contribution in [2.75, 3.05) is 0 Å². The fraction of sp³-hybridized carbons (Fsp3) is 0.533. The van der Waals surface area contributed by atoms with Crippen LogP contribution < -0.4 is 10.9 Å². The summed E-state index contributed by atoms with van der Waals surface area (Å²) in [5.74, 6) is 0.614. The summed E-state index contributed by atoms with van der Waals surface area (Å²) in [7, 11) is 0. The molecule has 3 nitrogen and oxygen atoms in total. The lowest BCUT2D eigenvalue weighted by Gasteiger charge is -2.15. The van der Waals surface area contributed by atoms with Crippen LogP contribution in [0, 0.1) is 5.92 Å². The number of hydrazine groups is 1. The van der Waals surface area contributed by atoms with Crippen molar-refractivity contribution in [2.45, 2.75) is 45.2 Å². The number of nitrogens with one attached hydrogen (secondary N) is 2. The lowest BCUT2D eigenvalue weighted by molar-refractivity contribution is -0.111. The summed E-state index contributed by atoms with van der Waals surface area (Å²) < 4.78 is 0. The molecule has 1 aliphatic rings. The fourth-order valence-electron chi connectivity index (χ4n) is 2.47. The zero-order chi connectivity index (χ0) is 13.1. The molecule has 1 fully saturated rings. The first-order chi connectivity index (χ1) is 8.61. The highest BCUT2D eigenvalue weighted by Crippen LogP contribution is 2.19. The highest BCUT2D eigenvalue weighted by molar-refractivity contribution is 5.57. The SMILES string of the molecule is CC(C)c1ccc(CC2NNC(C)C2C=O)cc1. The van der Waals surface area contributed by atoms with E-state index in [9.17, 15) is 4.79 Å². The third kappa shape index (κ3) is 2.79. The number of carbonyl (C=O) groups excluding carboxylic acids is 1. The van der Waals surface area contributed by atoms with Crippen molar-refractivity contribution in [3.05, 3.63) is 35.4 Å². The number of carbonyl (C=O) groups is 1. The maximum atomic E-state index is 11.1. The number of aldehydes is 1. The van der Waals surface area contributed by atoms with E-state index in [2.05, 4.69) is 49.0 Å². The Labute approximate surface area is 109 Å². The van der Waals surface area contributed by atoms with Gasteiger partial charge in [-0.2, -0.15) is 0 Å². The Morgan fingerprint density at radius 3 is 2.44 bits per heavy atom. The van der Waals surface area contributed by atoms with Crippen molar-refractivity contribution in [1.82, 2.24) is 10.9 Å². The summed E-state index contributed by atoms with van der Waals surface area (Å²) >= 11 is 0. The Morgan fingerprint density at radius 1 is 1.22 bits per heavy atom. The van der Waals surface area contributed by atoms with Gasteiger partial charge in [0.2, 0.25) is 0 Å². The number of rotatable bonds is 4. The molecule has 0 spiro atoms. The molecule has 1 aromatic carbocycles. The van der Waals surface area contributed by atoms with Crippen LogP contribution in [0.2, 0.25) is 0 Å². The van der Waals surface area contributed by atoms with Gasteiger partial charge >= 0.3 is 0 Å². The van der Waals surface area contributed by atoms with E-state index in [1.165, 1.54) is 11.1 Å². The van der Waals surface area contributed by atoms with E-state index in [0.717, 1.165) is 12.7 Å². The minimum Gasteiger partial charge on any atom is -0.303 e. The second-order valence-corrected chi connectivity index (χ2v) is 5.50. The van der Waals surface area contributed by atoms with Crippen molar-refractivity contribution < 1.29 is 4.79 Å². The maximum Gasteiger partial charge on any atom is 0.126 e. The Bertz CT molecular complexity index is 399. The number of hydrogen-bond acceptors (Lipinski definition) is 3. The minimum absolute atomic E-state index is 0.0507. The molecule has 2 N–H and O–H groups in total.